The monoisotopic (exact) mass is 267 g/mol. The van der Waals surface area contributed by atoms with Gasteiger partial charge in [0.2, 0.25) is 0 Å². The minimum absolute atomic E-state index is 0.133. The molecule has 2 atom stereocenters. The Morgan fingerprint density at radius 1 is 1.39 bits per heavy atom. The van der Waals surface area contributed by atoms with Gasteiger partial charge in [-0.15, -0.1) is 0 Å². The van der Waals surface area contributed by atoms with Crippen LogP contribution in [0.2, 0.25) is 0 Å². The van der Waals surface area contributed by atoms with Gasteiger partial charge in [-0.05, 0) is 37.8 Å². The molecule has 0 saturated carbocycles. The molecular weight excluding hydrogens is 246 g/mol. The van der Waals surface area contributed by atoms with Crippen LogP contribution in [-0.2, 0) is 16.3 Å². The van der Waals surface area contributed by atoms with Gasteiger partial charge in [0.15, 0.2) is 9.84 Å². The number of hydrogen-bond acceptors (Lipinski definition) is 3. The lowest BCUT2D eigenvalue weighted by Crippen LogP contribution is -2.38. The Morgan fingerprint density at radius 3 is 2.72 bits per heavy atom. The molecule has 1 aliphatic rings. The van der Waals surface area contributed by atoms with Gasteiger partial charge >= 0.3 is 0 Å². The molecule has 3 nitrogen and oxygen atoms in total. The standard InChI is InChI=1S/C14H21NO2S/c1-11-5-3-4-6-13(11)9-12(2)15-14-7-8-18(16,17)10-14/h3-6,12,14-15H,7-10H2,1-2H3. The lowest BCUT2D eigenvalue weighted by Gasteiger charge is -2.19. The second-order valence-electron chi connectivity index (χ2n) is 5.30. The van der Waals surface area contributed by atoms with E-state index >= 15 is 0 Å². The fraction of sp³-hybridized carbons (Fsp3) is 0.571. The maximum Gasteiger partial charge on any atom is 0.151 e. The molecule has 1 N–H and O–H groups in total. The van der Waals surface area contributed by atoms with Crippen LogP contribution in [-0.4, -0.2) is 32.0 Å². The molecule has 0 radical (unpaired) electrons. The number of rotatable bonds is 4. The fourth-order valence-corrected chi connectivity index (χ4v) is 4.24. The molecule has 0 spiro atoms. The van der Waals surface area contributed by atoms with E-state index in [2.05, 4.69) is 37.4 Å². The number of hydrogen-bond donors (Lipinski definition) is 1. The molecule has 1 aromatic rings. The van der Waals surface area contributed by atoms with Crippen LogP contribution in [0.25, 0.3) is 0 Å². The van der Waals surface area contributed by atoms with Crippen LogP contribution in [0.5, 0.6) is 0 Å². The molecule has 1 aliphatic heterocycles. The van der Waals surface area contributed by atoms with Gasteiger partial charge in [-0.3, -0.25) is 0 Å². The van der Waals surface area contributed by atoms with Crippen LogP contribution in [0.3, 0.4) is 0 Å². The van der Waals surface area contributed by atoms with Crippen molar-refractivity contribution < 1.29 is 8.42 Å². The van der Waals surface area contributed by atoms with Crippen molar-refractivity contribution in [1.82, 2.24) is 5.32 Å². The maximum absolute atomic E-state index is 11.4. The van der Waals surface area contributed by atoms with Crippen LogP contribution in [0.15, 0.2) is 24.3 Å². The molecule has 0 amide bonds. The molecule has 0 aromatic heterocycles. The Hall–Kier alpha value is -0.870. The first-order valence-corrected chi connectivity index (χ1v) is 8.29. The van der Waals surface area contributed by atoms with Crippen molar-refractivity contribution in [2.75, 3.05) is 11.5 Å². The molecule has 1 saturated heterocycles. The van der Waals surface area contributed by atoms with Crippen molar-refractivity contribution in [3.63, 3.8) is 0 Å². The summed E-state index contributed by atoms with van der Waals surface area (Å²) in [6.45, 7) is 4.24. The zero-order valence-electron chi connectivity index (χ0n) is 11.0. The fourth-order valence-electron chi connectivity index (χ4n) is 2.56. The average molecular weight is 267 g/mol. The van der Waals surface area contributed by atoms with Crippen LogP contribution >= 0.6 is 0 Å². The summed E-state index contributed by atoms with van der Waals surface area (Å²) in [6, 6.07) is 8.79. The summed E-state index contributed by atoms with van der Waals surface area (Å²) >= 11 is 0. The third-order valence-electron chi connectivity index (χ3n) is 3.54. The summed E-state index contributed by atoms with van der Waals surface area (Å²) in [5.74, 6) is 0.632. The summed E-state index contributed by atoms with van der Waals surface area (Å²) in [4.78, 5) is 0. The predicted octanol–water partition coefficient (Wildman–Crippen LogP) is 1.70. The molecule has 0 aliphatic carbocycles. The van der Waals surface area contributed by atoms with Gasteiger partial charge in [0.25, 0.3) is 0 Å². The Bertz CT molecular complexity index is 510. The highest BCUT2D eigenvalue weighted by Crippen LogP contribution is 2.14. The number of aryl methyl sites for hydroxylation is 1. The van der Waals surface area contributed by atoms with Gasteiger partial charge in [-0.2, -0.15) is 0 Å². The first kappa shape index (κ1) is 13.6. The lowest BCUT2D eigenvalue weighted by molar-refractivity contribution is 0.469. The van der Waals surface area contributed by atoms with Crippen molar-refractivity contribution in [3.05, 3.63) is 35.4 Å². The Labute approximate surface area is 110 Å². The quantitative estimate of drug-likeness (QED) is 0.903. The van der Waals surface area contributed by atoms with Crippen molar-refractivity contribution in [1.29, 1.82) is 0 Å². The van der Waals surface area contributed by atoms with Gasteiger partial charge < -0.3 is 5.32 Å². The maximum atomic E-state index is 11.4. The second-order valence-corrected chi connectivity index (χ2v) is 7.53. The van der Waals surface area contributed by atoms with E-state index in [4.69, 9.17) is 0 Å². The molecule has 18 heavy (non-hydrogen) atoms. The largest absolute Gasteiger partial charge is 0.310 e. The number of benzene rings is 1. The van der Waals surface area contributed by atoms with Gasteiger partial charge in [0.1, 0.15) is 0 Å². The van der Waals surface area contributed by atoms with E-state index in [1.807, 2.05) is 6.07 Å². The van der Waals surface area contributed by atoms with E-state index in [9.17, 15) is 8.42 Å². The molecule has 1 heterocycles. The smallest absolute Gasteiger partial charge is 0.151 e. The van der Waals surface area contributed by atoms with Gasteiger partial charge in [-0.25, -0.2) is 8.42 Å². The summed E-state index contributed by atoms with van der Waals surface area (Å²) in [5, 5.41) is 3.43. The van der Waals surface area contributed by atoms with E-state index in [0.29, 0.717) is 17.5 Å². The summed E-state index contributed by atoms with van der Waals surface area (Å²) in [5.41, 5.74) is 2.63. The summed E-state index contributed by atoms with van der Waals surface area (Å²) in [6.07, 6.45) is 1.70. The number of sulfone groups is 1. The summed E-state index contributed by atoms with van der Waals surface area (Å²) in [7, 11) is -2.78. The van der Waals surface area contributed by atoms with Crippen LogP contribution in [0.1, 0.15) is 24.5 Å². The van der Waals surface area contributed by atoms with E-state index < -0.39 is 9.84 Å². The normalized spacial score (nSPS) is 24.0. The highest BCUT2D eigenvalue weighted by molar-refractivity contribution is 7.91. The minimum Gasteiger partial charge on any atom is -0.310 e. The first-order chi connectivity index (χ1) is 8.46. The highest BCUT2D eigenvalue weighted by Gasteiger charge is 2.28. The average Bonchev–Trinajstić information content (AvgIpc) is 2.61. The predicted molar refractivity (Wildman–Crippen MR) is 74.5 cm³/mol. The minimum atomic E-state index is -2.78. The molecule has 2 unspecified atom stereocenters. The Balaban J connectivity index is 1.90. The first-order valence-electron chi connectivity index (χ1n) is 6.47. The van der Waals surface area contributed by atoms with Gasteiger partial charge in [0.05, 0.1) is 11.5 Å². The Morgan fingerprint density at radius 2 is 2.11 bits per heavy atom. The zero-order valence-corrected chi connectivity index (χ0v) is 11.8. The third kappa shape index (κ3) is 3.56. The third-order valence-corrected chi connectivity index (χ3v) is 5.31. The Kier molecular flexibility index (Phi) is 4.07. The molecule has 4 heteroatoms. The number of nitrogens with one attached hydrogen (secondary N) is 1. The zero-order chi connectivity index (χ0) is 13.2. The molecule has 1 fully saturated rings. The topological polar surface area (TPSA) is 46.2 Å². The van der Waals surface area contributed by atoms with Crippen molar-refractivity contribution in [2.24, 2.45) is 0 Å². The second kappa shape index (κ2) is 5.41. The van der Waals surface area contributed by atoms with Crippen LogP contribution < -0.4 is 5.32 Å². The molecule has 1 aromatic carbocycles. The van der Waals surface area contributed by atoms with E-state index in [0.717, 1.165) is 12.8 Å². The summed E-state index contributed by atoms with van der Waals surface area (Å²) < 4.78 is 22.8. The SMILES string of the molecule is Cc1ccccc1CC(C)NC1CCS(=O)(=O)C1. The van der Waals surface area contributed by atoms with E-state index in [-0.39, 0.29) is 6.04 Å². The molecule has 2 rings (SSSR count). The van der Waals surface area contributed by atoms with Crippen molar-refractivity contribution >= 4 is 9.84 Å². The lowest BCUT2D eigenvalue weighted by atomic mass is 10.0. The van der Waals surface area contributed by atoms with Crippen LogP contribution in [0.4, 0.5) is 0 Å². The van der Waals surface area contributed by atoms with Crippen molar-refractivity contribution in [2.45, 2.75) is 38.8 Å². The van der Waals surface area contributed by atoms with Gasteiger partial charge in [-0.1, -0.05) is 24.3 Å². The molecule has 0 bridgehead atoms. The highest BCUT2D eigenvalue weighted by atomic mass is 32.2. The molecule has 100 valence electrons. The van der Waals surface area contributed by atoms with Gasteiger partial charge in [0, 0.05) is 12.1 Å². The van der Waals surface area contributed by atoms with E-state index in [1.54, 1.807) is 0 Å². The van der Waals surface area contributed by atoms with Crippen LogP contribution in [0, 0.1) is 6.92 Å². The van der Waals surface area contributed by atoms with Crippen molar-refractivity contribution in [3.8, 4) is 0 Å². The molecular formula is C14H21NO2S. The van der Waals surface area contributed by atoms with E-state index in [1.165, 1.54) is 11.1 Å².